The molecule has 0 unspecified atom stereocenters. The van der Waals surface area contributed by atoms with Crippen LogP contribution in [0.15, 0.2) is 104 Å². The van der Waals surface area contributed by atoms with Crippen LogP contribution in [0.5, 0.6) is 11.5 Å². The zero-order valence-electron chi connectivity index (χ0n) is 21.0. The van der Waals surface area contributed by atoms with E-state index >= 15 is 0 Å². The third-order valence-corrected chi connectivity index (χ3v) is 6.67. The number of hydrogen-bond donors (Lipinski definition) is 0. The third-order valence-electron chi connectivity index (χ3n) is 6.67. The second kappa shape index (κ2) is 10.3. The summed E-state index contributed by atoms with van der Waals surface area (Å²) in [7, 11) is 1.40. The molecule has 7 nitrogen and oxygen atoms in total. The van der Waals surface area contributed by atoms with E-state index in [4.69, 9.17) is 14.2 Å². The quantitative estimate of drug-likeness (QED) is 0.254. The molecule has 1 aliphatic rings. The van der Waals surface area contributed by atoms with Crippen LogP contribution in [-0.2, 0) is 11.3 Å². The van der Waals surface area contributed by atoms with Crippen LogP contribution in [0.4, 0.5) is 5.69 Å². The molecule has 5 aromatic rings. The summed E-state index contributed by atoms with van der Waals surface area (Å²) in [5.74, 6) is 1.21. The van der Waals surface area contributed by atoms with Gasteiger partial charge in [-0.25, -0.2) is 4.79 Å². The topological polar surface area (TPSA) is 65.8 Å². The van der Waals surface area contributed by atoms with Crippen molar-refractivity contribution >= 4 is 22.6 Å². The molecule has 3 aromatic carbocycles. The number of nitrogens with zero attached hydrogens (tertiary/aromatic N) is 3. The molecule has 1 saturated heterocycles. The van der Waals surface area contributed by atoms with Crippen molar-refractivity contribution in [1.82, 2.24) is 9.55 Å². The first-order valence-corrected chi connectivity index (χ1v) is 12.5. The van der Waals surface area contributed by atoms with Crippen molar-refractivity contribution in [3.8, 4) is 17.2 Å². The highest BCUT2D eigenvalue weighted by atomic mass is 16.5. The largest absolute Gasteiger partial charge is 0.487 e. The Labute approximate surface area is 220 Å². The number of fused-ring (bicyclic) bond motifs is 1. The van der Waals surface area contributed by atoms with Crippen molar-refractivity contribution in [3.05, 3.63) is 115 Å². The minimum absolute atomic E-state index is 0.0556. The first-order valence-electron chi connectivity index (χ1n) is 12.5. The number of aromatic nitrogens is 2. The van der Waals surface area contributed by atoms with Crippen molar-refractivity contribution in [2.75, 3.05) is 25.1 Å². The number of ether oxygens (including phenoxy) is 3. The van der Waals surface area contributed by atoms with Crippen molar-refractivity contribution in [1.29, 1.82) is 0 Å². The zero-order chi connectivity index (χ0) is 25.9. The Kier molecular flexibility index (Phi) is 6.40. The van der Waals surface area contributed by atoms with Gasteiger partial charge in [-0.15, -0.1) is 0 Å². The molecule has 2 aromatic heterocycles. The Morgan fingerprint density at radius 2 is 1.71 bits per heavy atom. The fourth-order valence-electron chi connectivity index (χ4n) is 4.68. The molecule has 7 heteroatoms. The predicted molar refractivity (Wildman–Crippen MR) is 146 cm³/mol. The highest BCUT2D eigenvalue weighted by molar-refractivity contribution is 5.96. The van der Waals surface area contributed by atoms with Gasteiger partial charge in [0.15, 0.2) is 0 Å². The van der Waals surface area contributed by atoms with E-state index in [-0.39, 0.29) is 12.1 Å². The highest BCUT2D eigenvalue weighted by Crippen LogP contribution is 2.33. The molecule has 1 aliphatic heterocycles. The van der Waals surface area contributed by atoms with Crippen LogP contribution < -0.4 is 14.4 Å². The number of rotatable bonds is 8. The van der Waals surface area contributed by atoms with E-state index in [1.807, 2.05) is 95.8 Å². The average molecular weight is 506 g/mol. The molecular formula is C31H27N3O4. The van der Waals surface area contributed by atoms with Gasteiger partial charge >= 0.3 is 5.97 Å². The van der Waals surface area contributed by atoms with Gasteiger partial charge in [-0.2, -0.15) is 0 Å². The van der Waals surface area contributed by atoms with Crippen molar-refractivity contribution < 1.29 is 19.0 Å². The number of pyridine rings is 1. The lowest BCUT2D eigenvalue weighted by Gasteiger charge is -2.41. The molecule has 3 heterocycles. The predicted octanol–water partition coefficient (Wildman–Crippen LogP) is 5.66. The van der Waals surface area contributed by atoms with Crippen LogP contribution in [0.25, 0.3) is 16.6 Å². The molecular weight excluding hydrogens is 478 g/mol. The third kappa shape index (κ3) is 4.78. The number of carbonyl (C=O) groups excluding carboxylic acids is 1. The van der Waals surface area contributed by atoms with E-state index in [9.17, 15) is 4.79 Å². The molecule has 0 aliphatic carbocycles. The second-order valence-electron chi connectivity index (χ2n) is 9.20. The molecule has 0 spiro atoms. The highest BCUT2D eigenvalue weighted by Gasteiger charge is 2.32. The zero-order valence-corrected chi connectivity index (χ0v) is 21.0. The summed E-state index contributed by atoms with van der Waals surface area (Å²) in [6, 6.07) is 27.6. The lowest BCUT2D eigenvalue weighted by Crippen LogP contribution is -2.54. The molecule has 190 valence electrons. The summed E-state index contributed by atoms with van der Waals surface area (Å²) in [6.07, 6.45) is 5.67. The van der Waals surface area contributed by atoms with Crippen LogP contribution in [0.2, 0.25) is 0 Å². The lowest BCUT2D eigenvalue weighted by atomic mass is 10.1. The number of methoxy groups -OCH3 is 1. The SMILES string of the molecule is COC(=O)c1cccc(N2CC(Oc3ccc(COc4cnc5ccccc5c4)cc3)C2)c1-n1cccc1. The monoisotopic (exact) mass is 505 g/mol. The fraction of sp³-hybridized carbons (Fsp3) is 0.161. The minimum atomic E-state index is -0.357. The Balaban J connectivity index is 1.07. The molecule has 6 rings (SSSR count). The fourth-order valence-corrected chi connectivity index (χ4v) is 4.68. The summed E-state index contributed by atoms with van der Waals surface area (Å²) < 4.78 is 19.1. The van der Waals surface area contributed by atoms with Crippen LogP contribution in [0.3, 0.4) is 0 Å². The average Bonchev–Trinajstić information content (AvgIpc) is 3.48. The Bertz CT molecular complexity index is 1560. The maximum absolute atomic E-state index is 12.4. The number of esters is 1. The van der Waals surface area contributed by atoms with E-state index < -0.39 is 0 Å². The van der Waals surface area contributed by atoms with Gasteiger partial charge in [-0.3, -0.25) is 4.98 Å². The van der Waals surface area contributed by atoms with E-state index in [1.54, 1.807) is 12.3 Å². The summed E-state index contributed by atoms with van der Waals surface area (Å²) in [6.45, 7) is 1.90. The molecule has 38 heavy (non-hydrogen) atoms. The number of anilines is 1. The standard InChI is InChI=1S/C31H27N3O4/c1-36-31(35)27-8-6-10-29(30(27)33-15-4-5-16-33)34-19-26(20-34)38-24-13-11-22(12-14-24)21-37-25-17-23-7-2-3-9-28(23)32-18-25/h2-18,26H,19-21H2,1H3. The van der Waals surface area contributed by atoms with E-state index in [1.165, 1.54) is 7.11 Å². The second-order valence-corrected chi connectivity index (χ2v) is 9.20. The Morgan fingerprint density at radius 3 is 2.50 bits per heavy atom. The van der Waals surface area contributed by atoms with Gasteiger partial charge in [0, 0.05) is 17.8 Å². The smallest absolute Gasteiger partial charge is 0.340 e. The number of carbonyl (C=O) groups is 1. The molecule has 0 bridgehead atoms. The number of para-hydroxylation sites is 2. The number of benzene rings is 3. The van der Waals surface area contributed by atoms with Gasteiger partial charge < -0.3 is 23.7 Å². The van der Waals surface area contributed by atoms with Gasteiger partial charge in [-0.1, -0.05) is 36.4 Å². The van der Waals surface area contributed by atoms with E-state index in [2.05, 4.69) is 9.88 Å². The van der Waals surface area contributed by atoms with Crippen LogP contribution in [0.1, 0.15) is 15.9 Å². The molecule has 0 radical (unpaired) electrons. The minimum Gasteiger partial charge on any atom is -0.487 e. The summed E-state index contributed by atoms with van der Waals surface area (Å²) in [5, 5.41) is 1.06. The lowest BCUT2D eigenvalue weighted by molar-refractivity contribution is 0.0600. The Morgan fingerprint density at radius 1 is 0.921 bits per heavy atom. The molecule has 0 N–H and O–H groups in total. The summed E-state index contributed by atoms with van der Waals surface area (Å²) >= 11 is 0. The van der Waals surface area contributed by atoms with Crippen LogP contribution in [-0.4, -0.2) is 41.8 Å². The van der Waals surface area contributed by atoms with Crippen molar-refractivity contribution in [2.45, 2.75) is 12.7 Å². The molecule has 0 saturated carbocycles. The maximum atomic E-state index is 12.4. The Hall–Kier alpha value is -4.78. The van der Waals surface area contributed by atoms with E-state index in [0.717, 1.165) is 52.4 Å². The van der Waals surface area contributed by atoms with Crippen LogP contribution in [0, 0.1) is 0 Å². The first kappa shape index (κ1) is 23.6. The maximum Gasteiger partial charge on any atom is 0.340 e. The van der Waals surface area contributed by atoms with Gasteiger partial charge in [0.1, 0.15) is 24.2 Å². The summed E-state index contributed by atoms with van der Waals surface area (Å²) in [4.78, 5) is 19.1. The normalized spacial score (nSPS) is 13.2. The van der Waals surface area contributed by atoms with Gasteiger partial charge in [-0.05, 0) is 54.1 Å². The van der Waals surface area contributed by atoms with Crippen molar-refractivity contribution in [2.24, 2.45) is 0 Å². The molecule has 1 fully saturated rings. The first-order chi connectivity index (χ1) is 18.7. The van der Waals surface area contributed by atoms with Gasteiger partial charge in [0.2, 0.25) is 0 Å². The summed E-state index contributed by atoms with van der Waals surface area (Å²) in [5.41, 5.74) is 4.32. The van der Waals surface area contributed by atoms with Gasteiger partial charge in [0.25, 0.3) is 0 Å². The van der Waals surface area contributed by atoms with E-state index in [0.29, 0.717) is 12.2 Å². The van der Waals surface area contributed by atoms with Crippen molar-refractivity contribution in [3.63, 3.8) is 0 Å². The van der Waals surface area contributed by atoms with Gasteiger partial charge in [0.05, 0.1) is 48.9 Å². The number of hydrogen-bond acceptors (Lipinski definition) is 6. The molecule has 0 amide bonds. The molecule has 0 atom stereocenters. The van der Waals surface area contributed by atoms with Crippen LogP contribution >= 0.6 is 0 Å².